The van der Waals surface area contributed by atoms with Crippen LogP contribution >= 0.6 is 0 Å². The fourth-order valence-electron chi connectivity index (χ4n) is 3.33. The molecule has 0 N–H and O–H groups in total. The molecule has 0 bridgehead atoms. The van der Waals surface area contributed by atoms with Gasteiger partial charge in [0.2, 0.25) is 0 Å². The number of hydrogen-bond acceptors (Lipinski definition) is 4. The second-order valence-corrected chi connectivity index (χ2v) is 9.44. The lowest BCUT2D eigenvalue weighted by atomic mass is 10.0. The summed E-state index contributed by atoms with van der Waals surface area (Å²) >= 11 is 0. The van der Waals surface area contributed by atoms with Gasteiger partial charge in [0.05, 0.1) is 4.90 Å². The van der Waals surface area contributed by atoms with Gasteiger partial charge in [-0.15, -0.1) is 0 Å². The third-order valence-electron chi connectivity index (χ3n) is 5.21. The first-order chi connectivity index (χ1) is 14.0. The Kier molecular flexibility index (Phi) is 6.12. The van der Waals surface area contributed by atoms with Crippen LogP contribution in [0.4, 0.5) is 18.9 Å². The minimum absolute atomic E-state index is 0.0587. The minimum Gasteiger partial charge on any atom is -0.368 e. The van der Waals surface area contributed by atoms with E-state index in [0.717, 1.165) is 17.7 Å². The normalized spacial score (nSPS) is 15.5. The molecule has 1 heterocycles. The Morgan fingerprint density at radius 3 is 1.90 bits per heavy atom. The summed E-state index contributed by atoms with van der Waals surface area (Å²) in [6.07, 6.45) is 0. The molecule has 0 atom stereocenters. The Hall–Kier alpha value is -2.55. The number of piperazine rings is 1. The fourth-order valence-corrected chi connectivity index (χ4v) is 4.09. The van der Waals surface area contributed by atoms with Crippen LogP contribution in [0.25, 0.3) is 0 Å². The molecule has 9 heteroatoms. The lowest BCUT2D eigenvalue weighted by Gasteiger charge is -2.36. The highest BCUT2D eigenvalue weighted by atomic mass is 32.2. The van der Waals surface area contributed by atoms with E-state index in [1.54, 1.807) is 4.90 Å². The van der Waals surface area contributed by atoms with Crippen LogP contribution < -0.4 is 4.90 Å². The van der Waals surface area contributed by atoms with Crippen molar-refractivity contribution in [3.8, 4) is 0 Å². The average molecular weight is 440 g/mol. The summed E-state index contributed by atoms with van der Waals surface area (Å²) in [6.45, 7) is 6.10. The van der Waals surface area contributed by atoms with Gasteiger partial charge in [-0.2, -0.15) is 13.2 Å². The van der Waals surface area contributed by atoms with Gasteiger partial charge in [-0.05, 0) is 47.9 Å². The van der Waals surface area contributed by atoms with Gasteiger partial charge in [0.25, 0.3) is 15.7 Å². The van der Waals surface area contributed by atoms with Crippen molar-refractivity contribution in [2.24, 2.45) is 0 Å². The smallest absolute Gasteiger partial charge is 0.368 e. The molecular formula is C21H23F3N2O3S. The zero-order valence-electron chi connectivity index (χ0n) is 16.7. The van der Waals surface area contributed by atoms with Crippen molar-refractivity contribution in [2.45, 2.75) is 30.2 Å². The zero-order chi connectivity index (χ0) is 22.1. The predicted octanol–water partition coefficient (Wildman–Crippen LogP) is 4.07. The van der Waals surface area contributed by atoms with Crippen molar-refractivity contribution in [3.05, 3.63) is 59.7 Å². The molecule has 5 nitrogen and oxygen atoms in total. The summed E-state index contributed by atoms with van der Waals surface area (Å²) in [7, 11) is -5.35. The number of sulfone groups is 1. The molecule has 2 aromatic rings. The lowest BCUT2D eigenvalue weighted by Crippen LogP contribution is -2.48. The van der Waals surface area contributed by atoms with Crippen molar-refractivity contribution in [1.82, 2.24) is 4.90 Å². The Bertz CT molecular complexity index is 993. The summed E-state index contributed by atoms with van der Waals surface area (Å²) in [5.41, 5.74) is -2.93. The maximum absolute atomic E-state index is 12.7. The molecule has 0 radical (unpaired) electrons. The van der Waals surface area contributed by atoms with Crippen LogP contribution in [0.2, 0.25) is 0 Å². The maximum Gasteiger partial charge on any atom is 0.501 e. The van der Waals surface area contributed by atoms with Gasteiger partial charge in [0, 0.05) is 37.4 Å². The number of hydrogen-bond donors (Lipinski definition) is 0. The molecule has 1 amide bonds. The van der Waals surface area contributed by atoms with E-state index in [2.05, 4.69) is 13.8 Å². The Labute approximate surface area is 174 Å². The molecule has 0 aliphatic carbocycles. The molecule has 0 aromatic heterocycles. The lowest BCUT2D eigenvalue weighted by molar-refractivity contribution is -0.0436. The summed E-state index contributed by atoms with van der Waals surface area (Å²) in [4.78, 5) is 15.6. The second kappa shape index (κ2) is 8.29. The van der Waals surface area contributed by atoms with E-state index >= 15 is 0 Å². The molecule has 2 aromatic carbocycles. The highest BCUT2D eigenvalue weighted by molar-refractivity contribution is 7.92. The van der Waals surface area contributed by atoms with E-state index in [-0.39, 0.29) is 5.91 Å². The summed E-state index contributed by atoms with van der Waals surface area (Å²) < 4.78 is 60.9. The number of benzene rings is 2. The van der Waals surface area contributed by atoms with Gasteiger partial charge >= 0.3 is 5.51 Å². The number of carbonyl (C=O) groups is 1. The van der Waals surface area contributed by atoms with E-state index in [0.29, 0.717) is 43.3 Å². The maximum atomic E-state index is 12.7. The predicted molar refractivity (Wildman–Crippen MR) is 108 cm³/mol. The minimum atomic E-state index is -5.35. The van der Waals surface area contributed by atoms with Crippen molar-refractivity contribution in [1.29, 1.82) is 0 Å². The highest BCUT2D eigenvalue weighted by Crippen LogP contribution is 2.31. The molecule has 1 aliphatic rings. The van der Waals surface area contributed by atoms with Crippen molar-refractivity contribution < 1.29 is 26.4 Å². The molecule has 1 saturated heterocycles. The van der Waals surface area contributed by atoms with Crippen LogP contribution in [0.3, 0.4) is 0 Å². The van der Waals surface area contributed by atoms with Crippen molar-refractivity contribution in [2.75, 3.05) is 31.1 Å². The van der Waals surface area contributed by atoms with Gasteiger partial charge in [-0.25, -0.2) is 8.42 Å². The summed E-state index contributed by atoms with van der Waals surface area (Å²) in [5, 5.41) is 0. The van der Waals surface area contributed by atoms with Gasteiger partial charge in [0.15, 0.2) is 0 Å². The standard InChI is InChI=1S/C21H23F3N2O3S/c1-15(2)16-3-5-17(6-4-16)20(27)26-13-11-25(12-14-26)18-7-9-19(10-8-18)30(28,29)21(22,23)24/h3-10,15H,11-14H2,1-2H3. The monoisotopic (exact) mass is 440 g/mol. The molecular weight excluding hydrogens is 417 g/mol. The first-order valence-corrected chi connectivity index (χ1v) is 11.0. The number of halogens is 3. The highest BCUT2D eigenvalue weighted by Gasteiger charge is 2.46. The van der Waals surface area contributed by atoms with Crippen LogP contribution in [0.5, 0.6) is 0 Å². The van der Waals surface area contributed by atoms with Gasteiger partial charge in [0.1, 0.15) is 0 Å². The van der Waals surface area contributed by atoms with E-state index in [4.69, 9.17) is 0 Å². The largest absolute Gasteiger partial charge is 0.501 e. The fraction of sp³-hybridized carbons (Fsp3) is 0.381. The number of amides is 1. The van der Waals surface area contributed by atoms with Crippen molar-refractivity contribution in [3.63, 3.8) is 0 Å². The van der Waals surface area contributed by atoms with Crippen LogP contribution in [0.1, 0.15) is 35.7 Å². The number of alkyl halides is 3. The van der Waals surface area contributed by atoms with Gasteiger partial charge in [-0.1, -0.05) is 26.0 Å². The number of nitrogens with zero attached hydrogens (tertiary/aromatic N) is 2. The molecule has 3 rings (SSSR count). The summed E-state index contributed by atoms with van der Waals surface area (Å²) in [5.74, 6) is 0.326. The number of anilines is 1. The van der Waals surface area contributed by atoms with Crippen LogP contribution in [0, 0.1) is 0 Å². The third kappa shape index (κ3) is 4.45. The van der Waals surface area contributed by atoms with Crippen LogP contribution in [-0.4, -0.2) is 50.9 Å². The van der Waals surface area contributed by atoms with Crippen LogP contribution in [-0.2, 0) is 9.84 Å². The zero-order valence-corrected chi connectivity index (χ0v) is 17.5. The molecule has 0 saturated carbocycles. The van der Waals surface area contributed by atoms with Crippen molar-refractivity contribution >= 4 is 21.4 Å². The first-order valence-electron chi connectivity index (χ1n) is 9.56. The van der Waals surface area contributed by atoms with E-state index in [1.807, 2.05) is 29.2 Å². The first kappa shape index (κ1) is 22.1. The Morgan fingerprint density at radius 1 is 0.900 bits per heavy atom. The Morgan fingerprint density at radius 2 is 1.43 bits per heavy atom. The van der Waals surface area contributed by atoms with Gasteiger partial charge in [-0.3, -0.25) is 4.79 Å². The number of carbonyl (C=O) groups excluding carboxylic acids is 1. The average Bonchev–Trinajstić information content (AvgIpc) is 2.72. The topological polar surface area (TPSA) is 57.7 Å². The molecule has 0 spiro atoms. The van der Waals surface area contributed by atoms with E-state index < -0.39 is 20.2 Å². The van der Waals surface area contributed by atoms with Gasteiger partial charge < -0.3 is 9.80 Å². The quantitative estimate of drug-likeness (QED) is 0.719. The summed E-state index contributed by atoms with van der Waals surface area (Å²) in [6, 6.07) is 12.2. The van der Waals surface area contributed by atoms with E-state index in [9.17, 15) is 26.4 Å². The third-order valence-corrected chi connectivity index (χ3v) is 6.71. The Balaban J connectivity index is 1.63. The van der Waals surface area contributed by atoms with E-state index in [1.165, 1.54) is 12.1 Å². The SMILES string of the molecule is CC(C)c1ccc(C(=O)N2CCN(c3ccc(S(=O)(=O)C(F)(F)F)cc3)CC2)cc1. The molecule has 1 fully saturated rings. The molecule has 0 unspecified atom stereocenters. The second-order valence-electron chi connectivity index (χ2n) is 7.50. The molecule has 162 valence electrons. The number of rotatable bonds is 4. The van der Waals surface area contributed by atoms with Crippen LogP contribution in [0.15, 0.2) is 53.4 Å². The molecule has 1 aliphatic heterocycles. The molecule has 30 heavy (non-hydrogen) atoms.